The number of benzene rings is 1. The summed E-state index contributed by atoms with van der Waals surface area (Å²) in [5.41, 5.74) is 1.00. The highest BCUT2D eigenvalue weighted by atomic mass is 16.3. The van der Waals surface area contributed by atoms with Crippen LogP contribution in [0.15, 0.2) is 30.3 Å². The molecule has 0 amide bonds. The molecule has 104 valence electrons. The van der Waals surface area contributed by atoms with Crippen LogP contribution in [0.3, 0.4) is 0 Å². The maximum absolute atomic E-state index is 10.2. The molecule has 1 saturated carbocycles. The van der Waals surface area contributed by atoms with Crippen molar-refractivity contribution in [2.24, 2.45) is 11.8 Å². The topological polar surface area (TPSA) is 43.7 Å². The monoisotopic (exact) mass is 261 g/mol. The molecular weight excluding hydrogens is 238 g/mol. The van der Waals surface area contributed by atoms with Gasteiger partial charge in [0.2, 0.25) is 0 Å². The van der Waals surface area contributed by atoms with Gasteiger partial charge in [0.05, 0.1) is 12.2 Å². The molecule has 4 atom stereocenters. The largest absolute Gasteiger partial charge is 0.393 e. The van der Waals surface area contributed by atoms with Crippen LogP contribution in [-0.2, 0) is 0 Å². The fourth-order valence-electron chi connectivity index (χ4n) is 3.66. The van der Waals surface area contributed by atoms with Crippen LogP contribution in [-0.4, -0.2) is 40.9 Å². The van der Waals surface area contributed by atoms with Crippen molar-refractivity contribution in [1.82, 2.24) is 4.90 Å². The van der Waals surface area contributed by atoms with Gasteiger partial charge in [-0.15, -0.1) is 0 Å². The van der Waals surface area contributed by atoms with Crippen LogP contribution in [0.4, 0.5) is 0 Å². The molecule has 1 aromatic carbocycles. The predicted molar refractivity (Wildman–Crippen MR) is 74.7 cm³/mol. The minimum absolute atomic E-state index is 0.0888. The van der Waals surface area contributed by atoms with Crippen LogP contribution in [0.1, 0.15) is 30.9 Å². The van der Waals surface area contributed by atoms with Gasteiger partial charge < -0.3 is 15.1 Å². The van der Waals surface area contributed by atoms with E-state index >= 15 is 0 Å². The van der Waals surface area contributed by atoms with Gasteiger partial charge in [-0.05, 0) is 30.7 Å². The number of nitrogens with zero attached hydrogens (tertiary/aromatic N) is 1. The first-order valence-electron chi connectivity index (χ1n) is 7.37. The van der Waals surface area contributed by atoms with Gasteiger partial charge in [-0.3, -0.25) is 0 Å². The number of hydrogen-bond donors (Lipinski definition) is 2. The van der Waals surface area contributed by atoms with E-state index in [4.69, 9.17) is 0 Å². The van der Waals surface area contributed by atoms with Crippen molar-refractivity contribution in [1.29, 1.82) is 0 Å². The molecule has 1 aromatic rings. The molecule has 0 aromatic heterocycles. The van der Waals surface area contributed by atoms with Crippen LogP contribution < -0.4 is 0 Å². The summed E-state index contributed by atoms with van der Waals surface area (Å²) in [4.78, 5) is 2.41. The predicted octanol–water partition coefficient (Wildman–Crippen LogP) is 1.81. The first-order chi connectivity index (χ1) is 9.24. The Kier molecular flexibility index (Phi) is 3.87. The quantitative estimate of drug-likeness (QED) is 0.869. The van der Waals surface area contributed by atoms with Gasteiger partial charge in [0.1, 0.15) is 0 Å². The number of fused-ring (bicyclic) bond motifs is 1. The van der Waals surface area contributed by atoms with Crippen molar-refractivity contribution in [3.05, 3.63) is 35.9 Å². The molecule has 3 heteroatoms. The SMILES string of the molecule is OC(CCN1CC2CCC(O)C2C1)c1ccccc1. The van der Waals surface area contributed by atoms with Crippen molar-refractivity contribution in [2.75, 3.05) is 19.6 Å². The van der Waals surface area contributed by atoms with Crippen LogP contribution in [0.2, 0.25) is 0 Å². The molecule has 0 bridgehead atoms. The van der Waals surface area contributed by atoms with Gasteiger partial charge in [0.25, 0.3) is 0 Å². The Labute approximate surface area is 114 Å². The molecule has 3 rings (SSSR count). The lowest BCUT2D eigenvalue weighted by Gasteiger charge is -2.20. The van der Waals surface area contributed by atoms with E-state index in [1.54, 1.807) is 0 Å². The minimum Gasteiger partial charge on any atom is -0.393 e. The third-order valence-electron chi connectivity index (χ3n) is 4.80. The normalized spacial score (nSPS) is 32.4. The average molecular weight is 261 g/mol. The molecule has 1 heterocycles. The first-order valence-corrected chi connectivity index (χ1v) is 7.37. The third kappa shape index (κ3) is 2.83. The standard InChI is InChI=1S/C16H23NO2/c18-15(12-4-2-1-3-5-12)8-9-17-10-13-6-7-16(19)14(13)11-17/h1-5,13-16,18-19H,6-11H2. The summed E-state index contributed by atoms with van der Waals surface area (Å²) in [6.45, 7) is 3.03. The number of hydrogen-bond acceptors (Lipinski definition) is 3. The van der Waals surface area contributed by atoms with Crippen LogP contribution in [0.25, 0.3) is 0 Å². The fraction of sp³-hybridized carbons (Fsp3) is 0.625. The molecule has 19 heavy (non-hydrogen) atoms. The van der Waals surface area contributed by atoms with Gasteiger partial charge in [-0.2, -0.15) is 0 Å². The lowest BCUT2D eigenvalue weighted by atomic mass is 10.00. The summed E-state index contributed by atoms with van der Waals surface area (Å²) in [6, 6.07) is 9.86. The Morgan fingerprint density at radius 1 is 1.16 bits per heavy atom. The summed E-state index contributed by atoms with van der Waals surface area (Å²) in [5.74, 6) is 1.16. The van der Waals surface area contributed by atoms with Gasteiger partial charge in [0.15, 0.2) is 0 Å². The molecule has 1 saturated heterocycles. The van der Waals surface area contributed by atoms with Crippen molar-refractivity contribution < 1.29 is 10.2 Å². The Morgan fingerprint density at radius 2 is 1.95 bits per heavy atom. The van der Waals surface area contributed by atoms with Crippen molar-refractivity contribution in [3.8, 4) is 0 Å². The summed E-state index contributed by atoms with van der Waals surface area (Å²) in [6.07, 6.45) is 2.47. The lowest BCUT2D eigenvalue weighted by molar-refractivity contribution is 0.117. The maximum Gasteiger partial charge on any atom is 0.0802 e. The summed E-state index contributed by atoms with van der Waals surface area (Å²) in [7, 11) is 0. The van der Waals surface area contributed by atoms with E-state index in [1.807, 2.05) is 30.3 Å². The van der Waals surface area contributed by atoms with E-state index in [1.165, 1.54) is 6.42 Å². The summed E-state index contributed by atoms with van der Waals surface area (Å²) in [5, 5.41) is 20.1. The molecule has 0 radical (unpaired) electrons. The zero-order valence-electron chi connectivity index (χ0n) is 11.3. The van der Waals surface area contributed by atoms with Gasteiger partial charge in [-0.25, -0.2) is 0 Å². The smallest absolute Gasteiger partial charge is 0.0802 e. The number of rotatable bonds is 4. The van der Waals surface area contributed by atoms with Crippen molar-refractivity contribution in [2.45, 2.75) is 31.5 Å². The number of likely N-dealkylation sites (tertiary alicyclic amines) is 1. The van der Waals surface area contributed by atoms with Gasteiger partial charge in [0, 0.05) is 25.6 Å². The van der Waals surface area contributed by atoms with E-state index in [0.29, 0.717) is 11.8 Å². The van der Waals surface area contributed by atoms with E-state index < -0.39 is 0 Å². The second-order valence-corrected chi connectivity index (χ2v) is 6.04. The molecule has 0 spiro atoms. The molecule has 2 N–H and O–H groups in total. The van der Waals surface area contributed by atoms with Gasteiger partial charge >= 0.3 is 0 Å². The number of aliphatic hydroxyl groups is 2. The Balaban J connectivity index is 1.49. The maximum atomic E-state index is 10.2. The van der Waals surface area contributed by atoms with Gasteiger partial charge in [-0.1, -0.05) is 30.3 Å². The molecule has 2 fully saturated rings. The minimum atomic E-state index is -0.369. The van der Waals surface area contributed by atoms with Crippen molar-refractivity contribution >= 4 is 0 Å². The highest BCUT2D eigenvalue weighted by Crippen LogP contribution is 2.38. The molecule has 3 nitrogen and oxygen atoms in total. The molecule has 4 unspecified atom stereocenters. The van der Waals surface area contributed by atoms with E-state index in [0.717, 1.165) is 38.0 Å². The fourth-order valence-corrected chi connectivity index (χ4v) is 3.66. The Morgan fingerprint density at radius 3 is 2.68 bits per heavy atom. The third-order valence-corrected chi connectivity index (χ3v) is 4.80. The second kappa shape index (κ2) is 5.61. The molecular formula is C16H23NO2. The van der Waals surface area contributed by atoms with E-state index in [-0.39, 0.29) is 12.2 Å². The van der Waals surface area contributed by atoms with Crippen LogP contribution in [0.5, 0.6) is 0 Å². The lowest BCUT2D eigenvalue weighted by Crippen LogP contribution is -2.26. The Hall–Kier alpha value is -0.900. The number of aliphatic hydroxyl groups excluding tert-OH is 2. The van der Waals surface area contributed by atoms with Crippen LogP contribution in [0, 0.1) is 11.8 Å². The molecule has 2 aliphatic rings. The summed E-state index contributed by atoms with van der Waals surface area (Å²) >= 11 is 0. The van der Waals surface area contributed by atoms with E-state index in [9.17, 15) is 10.2 Å². The van der Waals surface area contributed by atoms with Crippen molar-refractivity contribution in [3.63, 3.8) is 0 Å². The Bertz CT molecular complexity index is 408. The zero-order valence-corrected chi connectivity index (χ0v) is 11.3. The van der Waals surface area contributed by atoms with Crippen LogP contribution >= 0.6 is 0 Å². The second-order valence-electron chi connectivity index (χ2n) is 6.04. The highest BCUT2D eigenvalue weighted by molar-refractivity contribution is 5.17. The highest BCUT2D eigenvalue weighted by Gasteiger charge is 2.41. The molecule has 1 aliphatic carbocycles. The molecule has 1 aliphatic heterocycles. The zero-order chi connectivity index (χ0) is 13.2. The summed E-state index contributed by atoms with van der Waals surface area (Å²) < 4.78 is 0. The average Bonchev–Trinajstić information content (AvgIpc) is 2.99. The van der Waals surface area contributed by atoms with E-state index in [2.05, 4.69) is 4.90 Å². The first kappa shape index (κ1) is 13.1.